The fourth-order valence-electron chi connectivity index (χ4n) is 1.88. The van der Waals surface area contributed by atoms with Crippen LogP contribution < -0.4 is 16.4 Å². The van der Waals surface area contributed by atoms with E-state index in [0.717, 1.165) is 5.56 Å². The van der Waals surface area contributed by atoms with Gasteiger partial charge in [-0.1, -0.05) is 30.3 Å². The van der Waals surface area contributed by atoms with Crippen molar-refractivity contribution in [3.63, 3.8) is 0 Å². The average Bonchev–Trinajstić information content (AvgIpc) is 2.98. The predicted octanol–water partition coefficient (Wildman–Crippen LogP) is 0.694. The highest BCUT2D eigenvalue weighted by Crippen LogP contribution is 2.00. The quantitative estimate of drug-likeness (QED) is 0.646. The van der Waals surface area contributed by atoms with E-state index in [-0.39, 0.29) is 36.7 Å². The number of hydrogen-bond acceptors (Lipinski definition) is 5. The molecule has 0 aliphatic carbocycles. The van der Waals surface area contributed by atoms with Gasteiger partial charge in [0.15, 0.2) is 0 Å². The van der Waals surface area contributed by atoms with Gasteiger partial charge in [-0.25, -0.2) is 9.67 Å². The van der Waals surface area contributed by atoms with Crippen LogP contribution in [0.4, 0.5) is 5.95 Å². The van der Waals surface area contributed by atoms with E-state index in [2.05, 4.69) is 20.7 Å². The molecule has 2 rings (SSSR count). The summed E-state index contributed by atoms with van der Waals surface area (Å²) in [6.07, 6.45) is 2.33. The predicted molar refractivity (Wildman–Crippen MR) is 92.5 cm³/mol. The molecule has 0 radical (unpaired) electrons. The molecule has 0 spiro atoms. The van der Waals surface area contributed by atoms with Crippen molar-refractivity contribution in [3.8, 4) is 0 Å². The molecule has 0 atom stereocenters. The zero-order valence-corrected chi connectivity index (χ0v) is 14.0. The number of nitrogens with one attached hydrogen (secondary N) is 2. The number of carbonyl (C=O) groups is 2. The minimum absolute atomic E-state index is 0. The van der Waals surface area contributed by atoms with Gasteiger partial charge >= 0.3 is 0 Å². The van der Waals surface area contributed by atoms with Gasteiger partial charge in [0.25, 0.3) is 0 Å². The highest BCUT2D eigenvalue weighted by Gasteiger charge is 2.08. The van der Waals surface area contributed by atoms with Gasteiger partial charge in [-0.2, -0.15) is 0 Å². The molecule has 8 nitrogen and oxygen atoms in total. The molecule has 0 aliphatic rings. The van der Waals surface area contributed by atoms with Crippen molar-refractivity contribution in [1.29, 1.82) is 0 Å². The van der Waals surface area contributed by atoms with Crippen molar-refractivity contribution in [2.75, 3.05) is 11.9 Å². The maximum Gasteiger partial charge on any atom is 0.248 e. The van der Waals surface area contributed by atoms with Crippen LogP contribution in [0.1, 0.15) is 18.4 Å². The lowest BCUT2D eigenvalue weighted by Crippen LogP contribution is -2.27. The van der Waals surface area contributed by atoms with Crippen LogP contribution in [-0.2, 0) is 22.7 Å². The molecule has 0 saturated carbocycles. The summed E-state index contributed by atoms with van der Waals surface area (Å²) in [7, 11) is 0. The van der Waals surface area contributed by atoms with Crippen LogP contribution in [-0.4, -0.2) is 33.1 Å². The van der Waals surface area contributed by atoms with Crippen LogP contribution in [0.2, 0.25) is 0 Å². The van der Waals surface area contributed by atoms with Crippen molar-refractivity contribution >= 4 is 30.2 Å². The third-order valence-electron chi connectivity index (χ3n) is 3.03. The molecule has 24 heavy (non-hydrogen) atoms. The Hall–Kier alpha value is -2.45. The molecule has 0 bridgehead atoms. The van der Waals surface area contributed by atoms with Crippen LogP contribution in [0.3, 0.4) is 0 Å². The van der Waals surface area contributed by atoms with Crippen molar-refractivity contribution in [2.24, 2.45) is 5.73 Å². The Kier molecular flexibility index (Phi) is 8.45. The Bertz CT molecular complexity index is 646. The molecular formula is C15H21ClN6O2. The first-order valence-electron chi connectivity index (χ1n) is 7.37. The molecule has 2 amide bonds. The third kappa shape index (κ3) is 6.76. The molecule has 1 aromatic heterocycles. The number of carbonyl (C=O) groups excluding carboxylic acids is 2. The topological polar surface area (TPSA) is 115 Å². The molecule has 0 unspecified atom stereocenters. The van der Waals surface area contributed by atoms with E-state index in [0.29, 0.717) is 25.9 Å². The van der Waals surface area contributed by atoms with E-state index in [1.54, 1.807) is 0 Å². The monoisotopic (exact) mass is 352 g/mol. The van der Waals surface area contributed by atoms with E-state index in [1.807, 2.05) is 30.3 Å². The lowest BCUT2D eigenvalue weighted by molar-refractivity contribution is -0.122. The van der Waals surface area contributed by atoms with E-state index >= 15 is 0 Å². The molecule has 0 saturated heterocycles. The molecule has 130 valence electrons. The Balaban J connectivity index is 0.00000288. The number of hydrogen-bond donors (Lipinski definition) is 3. The van der Waals surface area contributed by atoms with Crippen molar-refractivity contribution in [3.05, 3.63) is 42.2 Å². The largest absolute Gasteiger partial charge is 0.350 e. The number of anilines is 1. The molecule has 4 N–H and O–H groups in total. The second-order valence-electron chi connectivity index (χ2n) is 4.97. The van der Waals surface area contributed by atoms with Gasteiger partial charge in [-0.15, -0.1) is 17.5 Å². The molecule has 1 heterocycles. The first kappa shape index (κ1) is 19.6. The van der Waals surface area contributed by atoms with Crippen LogP contribution in [0.5, 0.6) is 0 Å². The van der Waals surface area contributed by atoms with Gasteiger partial charge in [0, 0.05) is 13.0 Å². The summed E-state index contributed by atoms with van der Waals surface area (Å²) >= 11 is 0. The SMILES string of the molecule is Cl.NCCCC(=O)Nc1ncn(CC(=O)NCc2ccccc2)n1. The maximum absolute atomic E-state index is 11.9. The van der Waals surface area contributed by atoms with E-state index in [9.17, 15) is 9.59 Å². The number of benzene rings is 1. The minimum Gasteiger partial charge on any atom is -0.350 e. The zero-order valence-electron chi connectivity index (χ0n) is 13.1. The van der Waals surface area contributed by atoms with Crippen LogP contribution >= 0.6 is 12.4 Å². The number of amides is 2. The van der Waals surface area contributed by atoms with Crippen molar-refractivity contribution in [1.82, 2.24) is 20.1 Å². The third-order valence-corrected chi connectivity index (χ3v) is 3.03. The fraction of sp³-hybridized carbons (Fsp3) is 0.333. The highest BCUT2D eigenvalue weighted by atomic mass is 35.5. The fourth-order valence-corrected chi connectivity index (χ4v) is 1.88. The second-order valence-corrected chi connectivity index (χ2v) is 4.97. The van der Waals surface area contributed by atoms with Crippen LogP contribution in [0.15, 0.2) is 36.7 Å². The average molecular weight is 353 g/mol. The lowest BCUT2D eigenvalue weighted by atomic mass is 10.2. The van der Waals surface area contributed by atoms with Crippen molar-refractivity contribution in [2.45, 2.75) is 25.9 Å². The second kappa shape index (κ2) is 10.3. The highest BCUT2D eigenvalue weighted by molar-refractivity contribution is 5.88. The first-order chi connectivity index (χ1) is 11.2. The zero-order chi connectivity index (χ0) is 16.5. The Morgan fingerprint density at radius 1 is 1.17 bits per heavy atom. The maximum atomic E-state index is 11.9. The van der Waals surface area contributed by atoms with E-state index in [4.69, 9.17) is 5.73 Å². The summed E-state index contributed by atoms with van der Waals surface area (Å²) in [6, 6.07) is 9.62. The van der Waals surface area contributed by atoms with Gasteiger partial charge < -0.3 is 11.1 Å². The van der Waals surface area contributed by atoms with Crippen LogP contribution in [0.25, 0.3) is 0 Å². The molecular weight excluding hydrogens is 332 g/mol. The molecule has 0 fully saturated rings. The van der Waals surface area contributed by atoms with Gasteiger partial charge in [-0.3, -0.25) is 14.9 Å². The Morgan fingerprint density at radius 3 is 2.62 bits per heavy atom. The number of rotatable bonds is 8. The minimum atomic E-state index is -0.193. The summed E-state index contributed by atoms with van der Waals surface area (Å²) in [5.41, 5.74) is 6.36. The van der Waals surface area contributed by atoms with Gasteiger partial charge in [0.2, 0.25) is 17.8 Å². The summed E-state index contributed by atoms with van der Waals surface area (Å²) in [5, 5.41) is 9.39. The smallest absolute Gasteiger partial charge is 0.248 e. The summed E-state index contributed by atoms with van der Waals surface area (Å²) < 4.78 is 1.37. The Morgan fingerprint density at radius 2 is 1.92 bits per heavy atom. The van der Waals surface area contributed by atoms with Crippen LogP contribution in [0, 0.1) is 0 Å². The molecule has 2 aromatic rings. The van der Waals surface area contributed by atoms with Gasteiger partial charge in [-0.05, 0) is 18.5 Å². The first-order valence-corrected chi connectivity index (χ1v) is 7.37. The number of halogens is 1. The summed E-state index contributed by atoms with van der Waals surface area (Å²) in [4.78, 5) is 27.3. The lowest BCUT2D eigenvalue weighted by Gasteiger charge is -2.05. The number of nitrogens with two attached hydrogens (primary N) is 1. The normalized spacial score (nSPS) is 9.88. The number of nitrogens with zero attached hydrogens (tertiary/aromatic N) is 3. The van der Waals surface area contributed by atoms with E-state index in [1.165, 1.54) is 11.0 Å². The standard InChI is InChI=1S/C15H20N6O2.ClH/c16-8-4-7-13(22)19-15-18-11-21(20-15)10-14(23)17-9-12-5-2-1-3-6-12;/h1-3,5-6,11H,4,7-10,16H2,(H,17,23)(H,19,20,22);1H. The molecule has 9 heteroatoms. The molecule has 0 aliphatic heterocycles. The van der Waals surface area contributed by atoms with Gasteiger partial charge in [0.1, 0.15) is 12.9 Å². The number of aromatic nitrogens is 3. The summed E-state index contributed by atoms with van der Waals surface area (Å²) in [5.74, 6) is -0.190. The van der Waals surface area contributed by atoms with Gasteiger partial charge in [0.05, 0.1) is 0 Å². The molecule has 1 aromatic carbocycles. The van der Waals surface area contributed by atoms with Crippen molar-refractivity contribution < 1.29 is 9.59 Å². The summed E-state index contributed by atoms with van der Waals surface area (Å²) in [6.45, 7) is 0.951. The van der Waals surface area contributed by atoms with E-state index < -0.39 is 0 Å². The Labute approximate surface area is 146 Å².